The van der Waals surface area contributed by atoms with Crippen LogP contribution in [0.15, 0.2) is 12.8 Å². The van der Waals surface area contributed by atoms with E-state index in [2.05, 4.69) is 95.5 Å². The van der Waals surface area contributed by atoms with E-state index < -0.39 is 49.9 Å². The predicted octanol–water partition coefficient (Wildman–Crippen LogP) is 5.58. The van der Waals surface area contributed by atoms with E-state index in [1.54, 1.807) is 86.2 Å². The molecule has 6 saturated heterocycles. The Bertz CT molecular complexity index is 2970. The average Bonchev–Trinajstić information content (AvgIpc) is 1.50. The molecular formula is C74H120Br2N12O16. The molecule has 6 fully saturated rings. The zero-order chi connectivity index (χ0) is 80.2. The molecular weight excluding hydrogens is 1470 g/mol. The summed E-state index contributed by atoms with van der Waals surface area (Å²) in [6, 6.07) is 0. The number of nitrogens with zero attached hydrogens (tertiary/aromatic N) is 6. The fraction of sp³-hybridized carbons (Fsp3) is 0.703. The number of halogens is 2. The van der Waals surface area contributed by atoms with Crippen molar-refractivity contribution in [3.05, 3.63) is 12.8 Å². The van der Waals surface area contributed by atoms with Crippen molar-refractivity contribution in [2.24, 2.45) is 33.1 Å². The highest BCUT2D eigenvalue weighted by Crippen LogP contribution is 2.33. The van der Waals surface area contributed by atoms with Gasteiger partial charge >= 0.3 is 23.9 Å². The smallest absolute Gasteiger partial charge is 0.338 e. The van der Waals surface area contributed by atoms with E-state index in [1.165, 1.54) is 7.05 Å². The summed E-state index contributed by atoms with van der Waals surface area (Å²) < 4.78 is 14.3. The van der Waals surface area contributed by atoms with Gasteiger partial charge in [-0.05, 0) is 147 Å². The van der Waals surface area contributed by atoms with Crippen molar-refractivity contribution in [3.8, 4) is 49.4 Å². The second-order valence-corrected chi connectivity index (χ2v) is 30.3. The number of esters is 3. The summed E-state index contributed by atoms with van der Waals surface area (Å²) in [5.74, 6) is 7.84. The molecule has 0 radical (unpaired) electrons. The van der Waals surface area contributed by atoms with Crippen LogP contribution in [-0.4, -0.2) is 221 Å². The highest BCUT2D eigenvalue weighted by molar-refractivity contribution is 9.10. The van der Waals surface area contributed by atoms with Gasteiger partial charge < -0.3 is 60.3 Å². The Hall–Kier alpha value is -7.42. The Morgan fingerprint density at radius 1 is 0.490 bits per heavy atom. The third kappa shape index (κ3) is 36.0. The van der Waals surface area contributed by atoms with Crippen LogP contribution >= 0.6 is 31.9 Å². The molecule has 8 N–H and O–H groups in total. The summed E-state index contributed by atoms with van der Waals surface area (Å²) >= 11 is 6.67. The maximum atomic E-state index is 12.5. The Morgan fingerprint density at radius 3 is 1.06 bits per heavy atom. The molecule has 0 aliphatic carbocycles. The molecule has 8 amide bonds. The molecule has 30 heteroatoms. The largest absolute Gasteiger partial charge is 0.466 e. The fourth-order valence-corrected chi connectivity index (χ4v) is 12.1. The van der Waals surface area contributed by atoms with Crippen molar-refractivity contribution in [1.82, 2.24) is 50.8 Å². The topological polar surface area (TPSA) is 361 Å². The molecule has 6 aliphatic heterocycles. The molecule has 4 atom stereocenters. The van der Waals surface area contributed by atoms with Crippen LogP contribution in [-0.2, 0) is 76.6 Å². The molecule has 6 rings (SSSR count). The van der Waals surface area contributed by atoms with E-state index in [0.29, 0.717) is 109 Å². The first-order chi connectivity index (χ1) is 48.7. The van der Waals surface area contributed by atoms with Gasteiger partial charge in [0, 0.05) is 90.1 Å². The van der Waals surface area contributed by atoms with Gasteiger partial charge in [-0.1, -0.05) is 76.0 Å². The van der Waals surface area contributed by atoms with Gasteiger partial charge in [0.1, 0.15) is 4.32 Å². The number of hydrogen-bond acceptors (Lipinski definition) is 21. The zero-order valence-electron chi connectivity index (χ0n) is 64.3. The van der Waals surface area contributed by atoms with Crippen LogP contribution in [0.4, 0.5) is 0 Å². The molecule has 586 valence electrons. The Morgan fingerprint density at radius 2 is 0.798 bits per heavy atom. The lowest BCUT2D eigenvalue weighted by molar-refractivity contribution is -0.204. The number of likely N-dealkylation sites (tertiary alicyclic amines) is 5. The van der Waals surface area contributed by atoms with E-state index in [0.717, 1.165) is 51.7 Å². The standard InChI is InChI=1S/C17H23N3O5.C15H24N2O3.C14H23N3O2.C12H20BrNO3.C6H11BrO2.C6H9NO.C3H5N.CH5N/c1-4-9-18-12(19-10-5-6-13(19)21)11-17(2,3)16(24)25-20-14(22)7-8-15(20)23;1-5-9-16-12(17-10-7-8-13(17)18)11-15(3,4)14(19)20-6-2;1-5-8-16-11(17-9-6-7-12(17)18)10-14(2,3)13(19)15-4;1-4-17-11(16)12(2,3)8-9(13)14-7-5-6-10(14)15;1-4-9-5(8)6(2,3)7;1-2-7-5-3-4-6(7)8;1-2-3-4;1-2/h1,12,18H,5-11H2,2-3H3;1,12,16H,6-11H2,2-4H3;1,11,16H,6-10H2,2-4H3,(H,15,19);9H,4-8H2,1-3H3;4H2,1-3H3;2H,1,3-5H2;1H,3-4H2;2H2,1H3. The molecule has 28 nitrogen and oxygen atoms in total. The number of alkyl halides is 2. The van der Waals surface area contributed by atoms with Gasteiger partial charge in [-0.15, -0.1) is 30.8 Å². The van der Waals surface area contributed by atoms with Crippen LogP contribution in [0.3, 0.4) is 0 Å². The van der Waals surface area contributed by atoms with Crippen LogP contribution in [0, 0.1) is 71.0 Å². The molecule has 6 heterocycles. The number of hydroxylamine groups is 2. The molecule has 0 bridgehead atoms. The number of amides is 8. The number of nitrogens with two attached hydrogens (primary N) is 2. The monoisotopic (exact) mass is 1590 g/mol. The SMILES string of the molecule is C#CCN.C#CCNC(CC(C)(C)C(=O)NC)N1CCCC1=O.C#CCNC(CC(C)(C)C(=O)OCC)N1CCCC1=O.C#CCNC(CC(C)(C)C(=O)ON1C(=O)CCC1=O)N1CCCC1=O.C=CN1CCCC1=O.CCOC(=O)C(C)(C)Br.CCOC(=O)C(C)(C)CC(Br)N1CCCC1=O.CN. The number of rotatable bonds is 28. The molecule has 4 unspecified atom stereocenters. The number of nitrogens with one attached hydrogen (secondary N) is 4. The number of ether oxygens (including phenoxy) is 3. The molecule has 6 aliphatic rings. The fourth-order valence-electron chi connectivity index (χ4n) is 10.7. The van der Waals surface area contributed by atoms with E-state index >= 15 is 0 Å². The molecule has 0 aromatic carbocycles. The third-order valence-electron chi connectivity index (χ3n) is 16.5. The minimum Gasteiger partial charge on any atom is -0.466 e. The minimum absolute atomic E-state index is 0.00332. The molecule has 104 heavy (non-hydrogen) atoms. The summed E-state index contributed by atoms with van der Waals surface area (Å²) in [6.07, 6.45) is 30.5. The van der Waals surface area contributed by atoms with Gasteiger partial charge in [0.15, 0.2) is 0 Å². The minimum atomic E-state index is -1.03. The summed E-state index contributed by atoms with van der Waals surface area (Å²) in [5.41, 5.74) is 6.47. The average molecular weight is 1590 g/mol. The second kappa shape index (κ2) is 50.9. The predicted molar refractivity (Wildman–Crippen MR) is 405 cm³/mol. The Balaban J connectivity index is 0. The van der Waals surface area contributed by atoms with E-state index in [-0.39, 0.29) is 96.4 Å². The summed E-state index contributed by atoms with van der Waals surface area (Å²) in [4.78, 5) is 154. The number of carbonyl (C=O) groups is 12. The first kappa shape index (κ1) is 98.6. The summed E-state index contributed by atoms with van der Waals surface area (Å²) in [5, 5.41) is 12.6. The van der Waals surface area contributed by atoms with Gasteiger partial charge in [0.25, 0.3) is 11.8 Å². The highest BCUT2D eigenvalue weighted by Gasteiger charge is 2.43. The van der Waals surface area contributed by atoms with Crippen molar-refractivity contribution in [1.29, 1.82) is 0 Å². The van der Waals surface area contributed by atoms with Crippen molar-refractivity contribution in [2.45, 2.75) is 221 Å². The summed E-state index contributed by atoms with van der Waals surface area (Å²) in [6.45, 7) is 33.0. The lowest BCUT2D eigenvalue weighted by atomic mass is 9.86. The summed E-state index contributed by atoms with van der Waals surface area (Å²) in [7, 11) is 3.12. The quantitative estimate of drug-likeness (QED) is 0.0139. The maximum Gasteiger partial charge on any atom is 0.338 e. The van der Waals surface area contributed by atoms with Crippen LogP contribution in [0.5, 0.6) is 0 Å². The van der Waals surface area contributed by atoms with Gasteiger partial charge in [0.05, 0.1) is 85.7 Å². The lowest BCUT2D eigenvalue weighted by Crippen LogP contribution is -2.50. The Kier molecular flexibility index (Phi) is 48.3. The first-order valence-electron chi connectivity index (χ1n) is 35.2. The van der Waals surface area contributed by atoms with Crippen molar-refractivity contribution < 1.29 is 76.6 Å². The van der Waals surface area contributed by atoms with Crippen LogP contribution < -0.4 is 32.7 Å². The van der Waals surface area contributed by atoms with Crippen LogP contribution in [0.1, 0.15) is 193 Å². The lowest BCUT2D eigenvalue weighted by Gasteiger charge is -2.34. The molecule has 0 aromatic rings. The van der Waals surface area contributed by atoms with Crippen molar-refractivity contribution >= 4 is 103 Å². The maximum absolute atomic E-state index is 12.5. The number of hydrogen-bond donors (Lipinski definition) is 6. The number of terminal acetylenes is 4. The van der Waals surface area contributed by atoms with Gasteiger partial charge in [-0.2, -0.15) is 0 Å². The first-order valence-corrected chi connectivity index (χ1v) is 36.9. The van der Waals surface area contributed by atoms with Gasteiger partial charge in [0.2, 0.25) is 35.4 Å². The normalized spacial score (nSPS) is 16.7. The van der Waals surface area contributed by atoms with Crippen LogP contribution in [0.25, 0.3) is 0 Å². The molecule has 0 aromatic heterocycles. The Labute approximate surface area is 635 Å². The highest BCUT2D eigenvalue weighted by atomic mass is 79.9. The zero-order valence-corrected chi connectivity index (χ0v) is 67.5. The van der Waals surface area contributed by atoms with Gasteiger partial charge in [-0.3, -0.25) is 68.7 Å². The van der Waals surface area contributed by atoms with Crippen molar-refractivity contribution in [2.75, 3.05) is 92.8 Å². The number of carbonyl (C=O) groups excluding carboxylic acids is 12. The van der Waals surface area contributed by atoms with E-state index in [1.807, 2.05) is 41.5 Å². The van der Waals surface area contributed by atoms with Gasteiger partial charge in [-0.25, -0.2) is 4.79 Å². The van der Waals surface area contributed by atoms with E-state index in [9.17, 15) is 57.5 Å². The van der Waals surface area contributed by atoms with Crippen LogP contribution in [0.2, 0.25) is 0 Å². The van der Waals surface area contributed by atoms with Crippen molar-refractivity contribution in [3.63, 3.8) is 0 Å². The molecule has 0 saturated carbocycles. The number of imide groups is 1. The molecule has 0 spiro atoms. The second-order valence-electron chi connectivity index (χ2n) is 27.3. The van der Waals surface area contributed by atoms with E-state index in [4.69, 9.17) is 44.1 Å². The third-order valence-corrected chi connectivity index (χ3v) is 17.6.